The lowest BCUT2D eigenvalue weighted by atomic mass is 10.0. The van der Waals surface area contributed by atoms with Gasteiger partial charge in [0.1, 0.15) is 6.10 Å². The largest absolute Gasteiger partial charge is 0.383 e. The lowest BCUT2D eigenvalue weighted by Gasteiger charge is -2.19. The van der Waals surface area contributed by atoms with Crippen LogP contribution < -0.4 is 0 Å². The Kier molecular flexibility index (Phi) is 3.83. The fourth-order valence-electron chi connectivity index (χ4n) is 1.16. The summed E-state index contributed by atoms with van der Waals surface area (Å²) >= 11 is 5.65. The minimum atomic E-state index is -3.28. The Bertz CT molecular complexity index is 352. The van der Waals surface area contributed by atoms with Crippen molar-refractivity contribution in [1.82, 2.24) is 0 Å². The van der Waals surface area contributed by atoms with Crippen molar-refractivity contribution in [3.63, 3.8) is 0 Å². The summed E-state index contributed by atoms with van der Waals surface area (Å²) in [6.07, 6.45) is -1.97. The summed E-state index contributed by atoms with van der Waals surface area (Å²) in [7, 11) is 0. The van der Waals surface area contributed by atoms with Crippen molar-refractivity contribution in [2.75, 3.05) is 0 Å². The molecule has 0 saturated carbocycles. The second-order valence-corrected chi connectivity index (χ2v) is 3.64. The van der Waals surface area contributed by atoms with E-state index >= 15 is 0 Å². The molecule has 0 bridgehead atoms. The maximum absolute atomic E-state index is 13.2. The van der Waals surface area contributed by atoms with Gasteiger partial charge in [0.15, 0.2) is 0 Å². The molecule has 1 radical (unpaired) electrons. The molecule has 0 fully saturated rings. The minimum Gasteiger partial charge on any atom is -0.383 e. The van der Waals surface area contributed by atoms with Crippen molar-refractivity contribution in [2.45, 2.75) is 18.4 Å². The lowest BCUT2D eigenvalue weighted by Crippen LogP contribution is -2.33. The average molecular weight is 232 g/mol. The summed E-state index contributed by atoms with van der Waals surface area (Å²) in [5, 5.41) is 9.34. The average Bonchev–Trinajstić information content (AvgIpc) is 2.15. The molecule has 1 unspecified atom stereocenters. The van der Waals surface area contributed by atoms with Gasteiger partial charge in [-0.25, -0.2) is 8.78 Å². The van der Waals surface area contributed by atoms with Crippen molar-refractivity contribution < 1.29 is 13.9 Å². The summed E-state index contributed by atoms with van der Waals surface area (Å²) in [6, 6.07) is 6.11. The van der Waals surface area contributed by atoms with Gasteiger partial charge in [0.25, 0.3) is 5.92 Å². The predicted molar refractivity (Wildman–Crippen MR) is 55.0 cm³/mol. The molecule has 0 aromatic heterocycles. The van der Waals surface area contributed by atoms with Crippen LogP contribution in [0.2, 0.25) is 5.02 Å². The molecule has 81 valence electrons. The van der Waals surface area contributed by atoms with E-state index in [9.17, 15) is 8.78 Å². The van der Waals surface area contributed by atoms with Crippen LogP contribution in [-0.2, 0) is 6.42 Å². The number of hydrogen-bond acceptors (Lipinski definition) is 1. The van der Waals surface area contributed by atoms with E-state index in [1.165, 1.54) is 12.1 Å². The van der Waals surface area contributed by atoms with Gasteiger partial charge in [-0.2, -0.15) is 0 Å². The van der Waals surface area contributed by atoms with Gasteiger partial charge in [0.2, 0.25) is 0 Å². The van der Waals surface area contributed by atoms with Gasteiger partial charge in [0, 0.05) is 11.4 Å². The maximum Gasteiger partial charge on any atom is 0.280 e. The van der Waals surface area contributed by atoms with Gasteiger partial charge in [-0.05, 0) is 17.7 Å². The summed E-state index contributed by atoms with van der Waals surface area (Å²) in [5.41, 5.74) is 0.355. The number of aliphatic hydroxyl groups is 1. The van der Waals surface area contributed by atoms with Crippen molar-refractivity contribution >= 4 is 11.6 Å². The molecular formula is C11H10ClF2O. The maximum atomic E-state index is 13.2. The molecule has 0 aliphatic rings. The Morgan fingerprint density at radius 3 is 2.73 bits per heavy atom. The van der Waals surface area contributed by atoms with Crippen LogP contribution in [0.5, 0.6) is 0 Å². The van der Waals surface area contributed by atoms with E-state index < -0.39 is 18.4 Å². The van der Waals surface area contributed by atoms with E-state index in [0.717, 1.165) is 0 Å². The van der Waals surface area contributed by atoms with Gasteiger partial charge in [0.05, 0.1) is 0 Å². The highest BCUT2D eigenvalue weighted by Gasteiger charge is 2.36. The first kappa shape index (κ1) is 12.1. The van der Waals surface area contributed by atoms with E-state index in [2.05, 4.69) is 0 Å². The Labute approximate surface area is 92.0 Å². The molecule has 0 aliphatic carbocycles. The second kappa shape index (κ2) is 4.73. The molecule has 1 N–H and O–H groups in total. The number of benzene rings is 1. The quantitative estimate of drug-likeness (QED) is 0.845. The molecule has 1 atom stereocenters. The number of rotatable bonds is 4. The summed E-state index contributed by atoms with van der Waals surface area (Å²) < 4.78 is 26.5. The zero-order valence-electron chi connectivity index (χ0n) is 7.83. The van der Waals surface area contributed by atoms with Crippen molar-refractivity contribution in [2.24, 2.45) is 0 Å². The monoisotopic (exact) mass is 231 g/mol. The normalized spacial score (nSPS) is 13.6. The van der Waals surface area contributed by atoms with Crippen LogP contribution >= 0.6 is 11.6 Å². The van der Waals surface area contributed by atoms with E-state index in [0.29, 0.717) is 16.7 Å². The number of aliphatic hydroxyl groups excluding tert-OH is 1. The van der Waals surface area contributed by atoms with Gasteiger partial charge >= 0.3 is 0 Å². The van der Waals surface area contributed by atoms with Gasteiger partial charge < -0.3 is 5.11 Å². The third-order valence-corrected chi connectivity index (χ3v) is 2.18. The summed E-state index contributed by atoms with van der Waals surface area (Å²) in [6.45, 7) is 4.86. The molecule has 1 nitrogen and oxygen atoms in total. The molecule has 0 spiro atoms. The predicted octanol–water partition coefficient (Wildman–Crippen LogP) is 2.87. The zero-order valence-corrected chi connectivity index (χ0v) is 8.59. The SMILES string of the molecule is [CH]=CC(O)C(F)(F)Cc1cccc(Cl)c1. The van der Waals surface area contributed by atoms with E-state index in [4.69, 9.17) is 23.3 Å². The van der Waals surface area contributed by atoms with Crippen LogP contribution in [0.1, 0.15) is 5.56 Å². The standard InChI is InChI=1S/C11H10ClF2O/c1-2-10(15)11(13,14)7-8-4-3-5-9(12)6-8/h1-6,10,15H,7H2. The Morgan fingerprint density at radius 1 is 1.53 bits per heavy atom. The molecule has 0 amide bonds. The zero-order chi connectivity index (χ0) is 11.5. The highest BCUT2D eigenvalue weighted by molar-refractivity contribution is 6.30. The van der Waals surface area contributed by atoms with Crippen LogP contribution in [0.15, 0.2) is 30.3 Å². The van der Waals surface area contributed by atoms with Gasteiger partial charge in [-0.3, -0.25) is 0 Å². The van der Waals surface area contributed by atoms with E-state index in [-0.39, 0.29) is 0 Å². The third kappa shape index (κ3) is 3.29. The van der Waals surface area contributed by atoms with Crippen LogP contribution in [0.4, 0.5) is 8.78 Å². The molecule has 1 rings (SSSR count). The molecule has 4 heteroatoms. The highest BCUT2D eigenvalue weighted by atomic mass is 35.5. The Balaban J connectivity index is 2.81. The molecule has 1 aromatic carbocycles. The van der Waals surface area contributed by atoms with Crippen LogP contribution in [0.3, 0.4) is 0 Å². The van der Waals surface area contributed by atoms with Gasteiger partial charge in [-0.15, -0.1) is 0 Å². The number of alkyl halides is 2. The fourth-order valence-corrected chi connectivity index (χ4v) is 1.38. The molecule has 0 saturated heterocycles. The highest BCUT2D eigenvalue weighted by Crippen LogP contribution is 2.25. The number of hydrogen-bond donors (Lipinski definition) is 1. The van der Waals surface area contributed by atoms with Crippen molar-refractivity contribution in [1.29, 1.82) is 0 Å². The third-order valence-electron chi connectivity index (χ3n) is 1.94. The van der Waals surface area contributed by atoms with E-state index in [1.54, 1.807) is 12.1 Å². The molecular weight excluding hydrogens is 222 g/mol. The Morgan fingerprint density at radius 2 is 2.20 bits per heavy atom. The van der Waals surface area contributed by atoms with Crippen molar-refractivity contribution in [3.8, 4) is 0 Å². The molecule has 15 heavy (non-hydrogen) atoms. The Hall–Kier alpha value is -0.930. The minimum absolute atomic E-state index is 0.355. The second-order valence-electron chi connectivity index (χ2n) is 3.21. The first-order chi connectivity index (χ1) is 6.95. The van der Waals surface area contributed by atoms with Gasteiger partial charge in [-0.1, -0.05) is 36.4 Å². The topological polar surface area (TPSA) is 20.2 Å². The first-order valence-electron chi connectivity index (χ1n) is 4.31. The number of halogens is 3. The van der Waals surface area contributed by atoms with Crippen molar-refractivity contribution in [3.05, 3.63) is 47.5 Å². The summed E-state index contributed by atoms with van der Waals surface area (Å²) in [5.74, 6) is -3.28. The first-order valence-corrected chi connectivity index (χ1v) is 4.69. The molecule has 0 aliphatic heterocycles. The molecule has 0 heterocycles. The van der Waals surface area contributed by atoms with Crippen LogP contribution in [0.25, 0.3) is 0 Å². The van der Waals surface area contributed by atoms with E-state index in [1.807, 2.05) is 0 Å². The summed E-state index contributed by atoms with van der Waals surface area (Å²) in [4.78, 5) is 0. The lowest BCUT2D eigenvalue weighted by molar-refractivity contribution is -0.0852. The van der Waals surface area contributed by atoms with Crippen LogP contribution in [-0.4, -0.2) is 17.1 Å². The fraction of sp³-hybridized carbons (Fsp3) is 0.273. The molecule has 1 aromatic rings. The van der Waals surface area contributed by atoms with Crippen LogP contribution in [0, 0.1) is 6.58 Å². The smallest absolute Gasteiger partial charge is 0.280 e.